The highest BCUT2D eigenvalue weighted by Crippen LogP contribution is 2.23. The van der Waals surface area contributed by atoms with Gasteiger partial charge in [-0.25, -0.2) is 20.2 Å². The number of nitrogens with zero attached hydrogens (tertiary/aromatic N) is 7. The van der Waals surface area contributed by atoms with Crippen molar-refractivity contribution in [2.45, 2.75) is 6.42 Å². The maximum Gasteiger partial charge on any atom is 0.170 e. The van der Waals surface area contributed by atoms with Crippen molar-refractivity contribution < 1.29 is 14.6 Å². The molecule has 3 aromatic heterocycles. The standard InChI is InChI=1S/C24H26N7O2/c1-29-16-20(15-27-29)17-3-4-19-14-26-23(28-21(19)11-17)13-22(32)18-5-6-25-24(12-18)30-7-9-31(2,33)10-8-30/h3-6,11-12,14-16,33H,7-10,13H2,1-2H3/q+1. The molecule has 4 aromatic rings. The first-order chi connectivity index (χ1) is 15.9. The van der Waals surface area contributed by atoms with Crippen molar-refractivity contribution in [3.8, 4) is 11.1 Å². The summed E-state index contributed by atoms with van der Waals surface area (Å²) >= 11 is 0. The molecule has 9 heteroatoms. The van der Waals surface area contributed by atoms with E-state index < -0.39 is 0 Å². The van der Waals surface area contributed by atoms with E-state index in [0.717, 1.165) is 27.8 Å². The van der Waals surface area contributed by atoms with Crippen LogP contribution in [-0.4, -0.2) is 73.6 Å². The number of anilines is 1. The second-order valence-electron chi connectivity index (χ2n) is 8.74. The maximum atomic E-state index is 13.0. The molecule has 0 unspecified atom stereocenters. The van der Waals surface area contributed by atoms with Gasteiger partial charge in [0.05, 0.1) is 38.3 Å². The zero-order chi connectivity index (χ0) is 23.0. The monoisotopic (exact) mass is 444 g/mol. The van der Waals surface area contributed by atoms with Crippen molar-refractivity contribution in [2.75, 3.05) is 38.1 Å². The van der Waals surface area contributed by atoms with E-state index in [1.54, 1.807) is 30.2 Å². The van der Waals surface area contributed by atoms with Crippen LogP contribution >= 0.6 is 0 Å². The first kappa shape index (κ1) is 21.2. The Morgan fingerprint density at radius 2 is 1.91 bits per heavy atom. The van der Waals surface area contributed by atoms with Gasteiger partial charge >= 0.3 is 0 Å². The number of carbonyl (C=O) groups excluding carboxylic acids is 1. The fourth-order valence-electron chi connectivity index (χ4n) is 4.03. The Morgan fingerprint density at radius 3 is 2.67 bits per heavy atom. The van der Waals surface area contributed by atoms with Gasteiger partial charge in [0, 0.05) is 42.2 Å². The number of piperazine rings is 1. The molecule has 0 spiro atoms. The number of pyridine rings is 1. The van der Waals surface area contributed by atoms with Crippen LogP contribution in [0.3, 0.4) is 0 Å². The number of carbonyl (C=O) groups is 1. The van der Waals surface area contributed by atoms with Gasteiger partial charge in [-0.15, -0.1) is 0 Å². The third-order valence-electron chi connectivity index (χ3n) is 6.08. The topological polar surface area (TPSA) is 97.0 Å². The molecule has 0 saturated carbocycles. The lowest BCUT2D eigenvalue weighted by Gasteiger charge is -2.36. The molecule has 1 saturated heterocycles. The summed E-state index contributed by atoms with van der Waals surface area (Å²) in [6.07, 6.45) is 7.30. The summed E-state index contributed by atoms with van der Waals surface area (Å²) in [4.78, 5) is 28.6. The number of quaternary nitrogens is 1. The Kier molecular flexibility index (Phi) is 5.35. The second-order valence-corrected chi connectivity index (χ2v) is 8.74. The van der Waals surface area contributed by atoms with E-state index in [-0.39, 0.29) is 16.9 Å². The van der Waals surface area contributed by atoms with Crippen LogP contribution in [0.4, 0.5) is 5.82 Å². The van der Waals surface area contributed by atoms with Crippen molar-refractivity contribution in [1.82, 2.24) is 24.7 Å². The molecule has 1 N–H and O–H groups in total. The molecule has 0 radical (unpaired) electrons. The molecule has 0 amide bonds. The zero-order valence-corrected chi connectivity index (χ0v) is 18.7. The summed E-state index contributed by atoms with van der Waals surface area (Å²) in [6.45, 7) is 2.60. The molecule has 168 valence electrons. The molecule has 9 nitrogen and oxygen atoms in total. The zero-order valence-electron chi connectivity index (χ0n) is 18.7. The van der Waals surface area contributed by atoms with Crippen LogP contribution in [-0.2, 0) is 13.5 Å². The number of benzene rings is 1. The number of Topliss-reactive ketones (excluding diaryl/α,β-unsaturated/α-hetero) is 1. The van der Waals surface area contributed by atoms with Gasteiger partial charge in [0.1, 0.15) is 24.7 Å². The molecular formula is C24H26N7O2+. The smallest absolute Gasteiger partial charge is 0.170 e. The van der Waals surface area contributed by atoms with Gasteiger partial charge in [-0.1, -0.05) is 12.1 Å². The Morgan fingerprint density at radius 1 is 1.09 bits per heavy atom. The van der Waals surface area contributed by atoms with Crippen LogP contribution < -0.4 is 4.90 Å². The van der Waals surface area contributed by atoms with Crippen molar-refractivity contribution in [1.29, 1.82) is 0 Å². The molecule has 1 aliphatic heterocycles. The fraction of sp³-hybridized carbons (Fsp3) is 0.292. The van der Waals surface area contributed by atoms with Crippen molar-refractivity contribution >= 4 is 22.5 Å². The molecule has 1 fully saturated rings. The van der Waals surface area contributed by atoms with Crippen LogP contribution in [0.5, 0.6) is 0 Å². The Hall–Kier alpha value is -3.69. The predicted molar refractivity (Wildman–Crippen MR) is 124 cm³/mol. The van der Waals surface area contributed by atoms with Crippen molar-refractivity contribution in [2.24, 2.45) is 7.05 Å². The van der Waals surface area contributed by atoms with E-state index >= 15 is 0 Å². The SMILES string of the molecule is Cn1cc(-c2ccc3cnc(CC(=O)c4ccnc(N5CC[N+](C)(O)CC5)c4)nc3c2)cn1. The van der Waals surface area contributed by atoms with Crippen molar-refractivity contribution in [3.05, 3.63) is 66.5 Å². The lowest BCUT2D eigenvalue weighted by molar-refractivity contribution is -1.09. The minimum absolute atomic E-state index is 0.0108. The first-order valence-electron chi connectivity index (χ1n) is 10.9. The number of aromatic nitrogens is 5. The summed E-state index contributed by atoms with van der Waals surface area (Å²) in [5.74, 6) is 1.18. The van der Waals surface area contributed by atoms with Crippen molar-refractivity contribution in [3.63, 3.8) is 0 Å². The van der Waals surface area contributed by atoms with Crippen LogP contribution in [0.2, 0.25) is 0 Å². The molecule has 0 bridgehead atoms. The molecule has 1 aliphatic rings. The number of fused-ring (bicyclic) bond motifs is 1. The maximum absolute atomic E-state index is 13.0. The lowest BCUT2D eigenvalue weighted by atomic mass is 10.1. The van der Waals surface area contributed by atoms with E-state index in [0.29, 0.717) is 37.6 Å². The number of ketones is 1. The number of hydrogen-bond acceptors (Lipinski definition) is 7. The highest BCUT2D eigenvalue weighted by molar-refractivity contribution is 5.98. The molecule has 4 heterocycles. The first-order valence-corrected chi connectivity index (χ1v) is 10.9. The van der Waals surface area contributed by atoms with E-state index in [1.807, 2.05) is 43.7 Å². The number of likely N-dealkylation sites (N-methyl/N-ethyl adjacent to an activating group) is 1. The van der Waals surface area contributed by atoms with E-state index in [9.17, 15) is 10.0 Å². The van der Waals surface area contributed by atoms with Gasteiger partial charge in [0.15, 0.2) is 5.78 Å². The Bertz CT molecular complexity index is 1320. The molecule has 33 heavy (non-hydrogen) atoms. The molecule has 1 aromatic carbocycles. The molecule has 0 atom stereocenters. The summed E-state index contributed by atoms with van der Waals surface area (Å²) in [6, 6.07) is 9.54. The second kappa shape index (κ2) is 8.34. The van der Waals surface area contributed by atoms with Gasteiger partial charge < -0.3 is 4.90 Å². The predicted octanol–water partition coefficient (Wildman–Crippen LogP) is 2.51. The third-order valence-corrected chi connectivity index (χ3v) is 6.08. The average Bonchev–Trinajstić information content (AvgIpc) is 3.25. The highest BCUT2D eigenvalue weighted by atomic mass is 16.5. The average molecular weight is 445 g/mol. The van der Waals surface area contributed by atoms with Crippen LogP contribution in [0.1, 0.15) is 16.2 Å². The number of hydroxylamine groups is 3. The van der Waals surface area contributed by atoms with Crippen LogP contribution in [0, 0.1) is 0 Å². The normalized spacial score (nSPS) is 15.7. The summed E-state index contributed by atoms with van der Waals surface area (Å²) in [7, 11) is 3.68. The quantitative estimate of drug-likeness (QED) is 0.373. The molecule has 0 aliphatic carbocycles. The number of hydrogen-bond donors (Lipinski definition) is 1. The Balaban J connectivity index is 1.34. The minimum atomic E-state index is -0.0544. The highest BCUT2D eigenvalue weighted by Gasteiger charge is 2.28. The van der Waals surface area contributed by atoms with Gasteiger partial charge in [-0.3, -0.25) is 9.48 Å². The minimum Gasteiger partial charge on any atom is -0.345 e. The van der Waals surface area contributed by atoms with Gasteiger partial charge in [0.2, 0.25) is 0 Å². The van der Waals surface area contributed by atoms with E-state index in [2.05, 4.69) is 25.0 Å². The number of aryl methyl sites for hydroxylation is 1. The summed E-state index contributed by atoms with van der Waals surface area (Å²) in [5, 5.41) is 15.3. The fourth-order valence-corrected chi connectivity index (χ4v) is 4.03. The van der Waals surface area contributed by atoms with Crippen LogP contribution in [0.25, 0.3) is 22.0 Å². The third kappa shape index (κ3) is 4.59. The lowest BCUT2D eigenvalue weighted by Crippen LogP contribution is -2.55. The summed E-state index contributed by atoms with van der Waals surface area (Å²) < 4.78 is 1.77. The largest absolute Gasteiger partial charge is 0.345 e. The summed E-state index contributed by atoms with van der Waals surface area (Å²) in [5.41, 5.74) is 3.41. The Labute approximate surface area is 191 Å². The van der Waals surface area contributed by atoms with Crippen LogP contribution in [0.15, 0.2) is 55.1 Å². The molecular weight excluding hydrogens is 418 g/mol. The van der Waals surface area contributed by atoms with E-state index in [1.165, 1.54) is 0 Å². The molecule has 5 rings (SSSR count). The van der Waals surface area contributed by atoms with E-state index in [4.69, 9.17) is 0 Å². The van der Waals surface area contributed by atoms with Gasteiger partial charge in [-0.05, 0) is 23.8 Å². The van der Waals surface area contributed by atoms with Gasteiger partial charge in [-0.2, -0.15) is 9.75 Å². The number of rotatable bonds is 5. The van der Waals surface area contributed by atoms with Gasteiger partial charge in [0.25, 0.3) is 0 Å².